The predicted molar refractivity (Wildman–Crippen MR) is 74.1 cm³/mol. The van der Waals surface area contributed by atoms with Crippen LogP contribution in [-0.4, -0.2) is 17.8 Å². The Labute approximate surface area is 104 Å². The van der Waals surface area contributed by atoms with Crippen LogP contribution in [0.1, 0.15) is 20.3 Å². The summed E-state index contributed by atoms with van der Waals surface area (Å²) in [7, 11) is 0. The van der Waals surface area contributed by atoms with Gasteiger partial charge in [-0.25, -0.2) is 0 Å². The molecule has 1 unspecified atom stereocenters. The van der Waals surface area contributed by atoms with Crippen molar-refractivity contribution in [2.24, 2.45) is 0 Å². The van der Waals surface area contributed by atoms with E-state index in [-0.39, 0.29) is 6.10 Å². The van der Waals surface area contributed by atoms with Crippen molar-refractivity contribution in [1.82, 2.24) is 0 Å². The molecule has 1 aromatic rings. The van der Waals surface area contributed by atoms with E-state index in [2.05, 4.69) is 5.32 Å². The zero-order valence-electron chi connectivity index (χ0n) is 10.6. The molecule has 92 valence electrons. The van der Waals surface area contributed by atoms with E-state index in [1.807, 2.05) is 62.4 Å². The van der Waals surface area contributed by atoms with Gasteiger partial charge in [0.2, 0.25) is 0 Å². The van der Waals surface area contributed by atoms with Crippen LogP contribution in [0.4, 0.5) is 5.69 Å². The van der Waals surface area contributed by atoms with Crippen LogP contribution < -0.4 is 5.32 Å². The van der Waals surface area contributed by atoms with Gasteiger partial charge in [-0.2, -0.15) is 0 Å². The summed E-state index contributed by atoms with van der Waals surface area (Å²) in [5.41, 5.74) is 2.20. The van der Waals surface area contributed by atoms with Gasteiger partial charge in [0, 0.05) is 12.2 Å². The minimum absolute atomic E-state index is 0.363. The number of anilines is 1. The fraction of sp³-hybridized carbons (Fsp3) is 0.333. The van der Waals surface area contributed by atoms with E-state index in [0.717, 1.165) is 11.3 Å². The second kappa shape index (κ2) is 7.69. The van der Waals surface area contributed by atoms with E-state index >= 15 is 0 Å². The molecule has 0 aromatic heterocycles. The van der Waals surface area contributed by atoms with Crippen LogP contribution in [0.5, 0.6) is 0 Å². The van der Waals surface area contributed by atoms with E-state index in [9.17, 15) is 5.11 Å². The van der Waals surface area contributed by atoms with Crippen molar-refractivity contribution in [3.8, 4) is 0 Å². The molecule has 0 amide bonds. The molecule has 0 saturated heterocycles. The molecule has 1 aromatic carbocycles. The van der Waals surface area contributed by atoms with Gasteiger partial charge in [-0.05, 0) is 38.0 Å². The average Bonchev–Trinajstić information content (AvgIpc) is 2.37. The van der Waals surface area contributed by atoms with Crippen molar-refractivity contribution in [2.45, 2.75) is 26.4 Å². The third-order valence-electron chi connectivity index (χ3n) is 2.54. The highest BCUT2D eigenvalue weighted by molar-refractivity contribution is 5.42. The van der Waals surface area contributed by atoms with Gasteiger partial charge in [0.05, 0.1) is 6.10 Å². The lowest BCUT2D eigenvalue weighted by Crippen LogP contribution is -2.19. The molecule has 0 aliphatic rings. The quantitative estimate of drug-likeness (QED) is 0.736. The Kier molecular flexibility index (Phi) is 6.12. The van der Waals surface area contributed by atoms with Crippen LogP contribution in [0, 0.1) is 0 Å². The van der Waals surface area contributed by atoms with Crippen molar-refractivity contribution in [3.05, 3.63) is 54.1 Å². The average molecular weight is 231 g/mol. The molecule has 0 aliphatic heterocycles. The summed E-state index contributed by atoms with van der Waals surface area (Å²) >= 11 is 0. The van der Waals surface area contributed by atoms with Crippen molar-refractivity contribution in [3.63, 3.8) is 0 Å². The first-order valence-corrected chi connectivity index (χ1v) is 6.01. The lowest BCUT2D eigenvalue weighted by molar-refractivity contribution is 0.189. The normalized spacial score (nSPS) is 13.9. The van der Waals surface area contributed by atoms with E-state index in [1.165, 1.54) is 0 Å². The largest absolute Gasteiger partial charge is 0.391 e. The third-order valence-corrected chi connectivity index (χ3v) is 2.54. The Bertz CT molecular complexity index is 368. The molecule has 0 fully saturated rings. The Morgan fingerprint density at radius 1 is 1.29 bits per heavy atom. The summed E-state index contributed by atoms with van der Waals surface area (Å²) in [5.74, 6) is 0. The Balaban J connectivity index is 2.37. The van der Waals surface area contributed by atoms with Crippen LogP contribution in [0.3, 0.4) is 0 Å². The number of rotatable bonds is 6. The summed E-state index contributed by atoms with van der Waals surface area (Å²) in [6.07, 6.45) is 6.38. The highest BCUT2D eigenvalue weighted by atomic mass is 16.3. The number of para-hydroxylation sites is 1. The van der Waals surface area contributed by atoms with Crippen LogP contribution in [0.15, 0.2) is 54.1 Å². The lowest BCUT2D eigenvalue weighted by atomic mass is 10.1. The van der Waals surface area contributed by atoms with Crippen molar-refractivity contribution in [1.29, 1.82) is 0 Å². The number of aliphatic hydroxyl groups excluding tert-OH is 1. The van der Waals surface area contributed by atoms with E-state index in [4.69, 9.17) is 0 Å². The number of benzene rings is 1. The summed E-state index contributed by atoms with van der Waals surface area (Å²) in [4.78, 5) is 0. The molecule has 0 aliphatic carbocycles. The maximum atomic E-state index is 9.90. The van der Waals surface area contributed by atoms with E-state index in [1.54, 1.807) is 0 Å². The van der Waals surface area contributed by atoms with Crippen molar-refractivity contribution < 1.29 is 5.11 Å². The summed E-state index contributed by atoms with van der Waals surface area (Å²) in [6.45, 7) is 4.55. The number of hydrogen-bond donors (Lipinski definition) is 2. The fourth-order valence-electron chi connectivity index (χ4n) is 1.63. The molecule has 1 rings (SSSR count). The number of hydrogen-bond acceptors (Lipinski definition) is 2. The maximum Gasteiger partial charge on any atom is 0.0752 e. The van der Waals surface area contributed by atoms with Crippen LogP contribution in [0.25, 0.3) is 0 Å². The van der Waals surface area contributed by atoms with E-state index in [0.29, 0.717) is 13.0 Å². The minimum atomic E-state index is -0.363. The highest BCUT2D eigenvalue weighted by Gasteiger charge is 2.05. The Hall–Kier alpha value is -1.54. The SMILES string of the molecule is C/C=C\C(=C/C)CC(O)CNc1ccccc1. The Morgan fingerprint density at radius 2 is 2.00 bits per heavy atom. The molecule has 0 bridgehead atoms. The van der Waals surface area contributed by atoms with Gasteiger partial charge in [-0.15, -0.1) is 0 Å². The van der Waals surface area contributed by atoms with Crippen LogP contribution >= 0.6 is 0 Å². The summed E-state index contributed by atoms with van der Waals surface area (Å²) in [5, 5.41) is 13.1. The second-order valence-electron chi connectivity index (χ2n) is 3.97. The number of aliphatic hydroxyl groups is 1. The van der Waals surface area contributed by atoms with Gasteiger partial charge in [-0.3, -0.25) is 0 Å². The summed E-state index contributed by atoms with van der Waals surface area (Å²) in [6, 6.07) is 9.92. The van der Waals surface area contributed by atoms with Gasteiger partial charge in [0.15, 0.2) is 0 Å². The highest BCUT2D eigenvalue weighted by Crippen LogP contribution is 2.10. The monoisotopic (exact) mass is 231 g/mol. The van der Waals surface area contributed by atoms with Gasteiger partial charge in [0.1, 0.15) is 0 Å². The first kappa shape index (κ1) is 13.5. The molecule has 1 atom stereocenters. The standard InChI is InChI=1S/C15H21NO/c1-3-8-13(4-2)11-15(17)12-16-14-9-6-5-7-10-14/h3-10,15-17H,11-12H2,1-2H3/b8-3-,13-4+. The van der Waals surface area contributed by atoms with Gasteiger partial charge in [-0.1, -0.05) is 36.4 Å². The number of nitrogens with one attached hydrogen (secondary N) is 1. The van der Waals surface area contributed by atoms with E-state index < -0.39 is 0 Å². The molecule has 2 nitrogen and oxygen atoms in total. The molecule has 0 saturated carbocycles. The molecular formula is C15H21NO. The molecule has 0 radical (unpaired) electrons. The van der Waals surface area contributed by atoms with Crippen LogP contribution in [-0.2, 0) is 0 Å². The third kappa shape index (κ3) is 5.36. The molecule has 0 spiro atoms. The lowest BCUT2D eigenvalue weighted by Gasteiger charge is -2.13. The molecule has 2 N–H and O–H groups in total. The zero-order valence-corrected chi connectivity index (χ0v) is 10.6. The predicted octanol–water partition coefficient (Wildman–Crippen LogP) is 3.37. The molecule has 2 heteroatoms. The zero-order chi connectivity index (χ0) is 12.5. The first-order chi connectivity index (χ1) is 8.26. The summed E-state index contributed by atoms with van der Waals surface area (Å²) < 4.78 is 0. The molecule has 0 heterocycles. The first-order valence-electron chi connectivity index (χ1n) is 6.01. The maximum absolute atomic E-state index is 9.90. The van der Waals surface area contributed by atoms with Gasteiger partial charge >= 0.3 is 0 Å². The Morgan fingerprint density at radius 3 is 2.59 bits per heavy atom. The van der Waals surface area contributed by atoms with Crippen molar-refractivity contribution in [2.75, 3.05) is 11.9 Å². The molecular weight excluding hydrogens is 210 g/mol. The smallest absolute Gasteiger partial charge is 0.0752 e. The fourth-order valence-corrected chi connectivity index (χ4v) is 1.63. The van der Waals surface area contributed by atoms with Gasteiger partial charge in [0.25, 0.3) is 0 Å². The molecule has 17 heavy (non-hydrogen) atoms. The van der Waals surface area contributed by atoms with Crippen LogP contribution in [0.2, 0.25) is 0 Å². The van der Waals surface area contributed by atoms with Gasteiger partial charge < -0.3 is 10.4 Å². The second-order valence-corrected chi connectivity index (χ2v) is 3.97. The van der Waals surface area contributed by atoms with Crippen molar-refractivity contribution >= 4 is 5.69 Å². The topological polar surface area (TPSA) is 32.3 Å². The minimum Gasteiger partial charge on any atom is -0.391 e. The number of allylic oxidation sites excluding steroid dienone is 3.